The standard InChI is InChI=1S/C18H18N2O3/c1-2-17(15-8-4-3-5-9-15)19-18(21)12-11-14-7-6-10-16(13-14)20(22)23/h3-13,17H,2H2,1H3,(H,19,21)/b12-11+/t17-/m1/s1. The molecule has 2 aromatic rings. The summed E-state index contributed by atoms with van der Waals surface area (Å²) in [7, 11) is 0. The fourth-order valence-electron chi connectivity index (χ4n) is 2.24. The van der Waals surface area contributed by atoms with Crippen molar-refractivity contribution in [3.8, 4) is 0 Å². The van der Waals surface area contributed by atoms with Crippen LogP contribution in [0.3, 0.4) is 0 Å². The zero-order valence-electron chi connectivity index (χ0n) is 12.8. The van der Waals surface area contributed by atoms with Crippen molar-refractivity contribution in [3.63, 3.8) is 0 Å². The van der Waals surface area contributed by atoms with Gasteiger partial charge in [-0.25, -0.2) is 0 Å². The Morgan fingerprint density at radius 2 is 1.96 bits per heavy atom. The number of nitrogens with zero attached hydrogens (tertiary/aromatic N) is 1. The summed E-state index contributed by atoms with van der Waals surface area (Å²) in [4.78, 5) is 22.3. The first-order valence-electron chi connectivity index (χ1n) is 7.38. The van der Waals surface area contributed by atoms with E-state index in [0.717, 1.165) is 12.0 Å². The molecule has 118 valence electrons. The van der Waals surface area contributed by atoms with Crippen LogP contribution < -0.4 is 5.32 Å². The molecule has 0 saturated heterocycles. The van der Waals surface area contributed by atoms with E-state index in [1.54, 1.807) is 18.2 Å². The minimum Gasteiger partial charge on any atom is -0.346 e. The van der Waals surface area contributed by atoms with Gasteiger partial charge in [-0.1, -0.05) is 49.4 Å². The van der Waals surface area contributed by atoms with Crippen LogP contribution in [-0.4, -0.2) is 10.8 Å². The van der Waals surface area contributed by atoms with Crippen LogP contribution >= 0.6 is 0 Å². The van der Waals surface area contributed by atoms with Gasteiger partial charge in [0.2, 0.25) is 5.91 Å². The summed E-state index contributed by atoms with van der Waals surface area (Å²) in [6.07, 6.45) is 3.74. The predicted octanol–water partition coefficient (Wildman–Crippen LogP) is 3.88. The van der Waals surface area contributed by atoms with Gasteiger partial charge in [0, 0.05) is 18.2 Å². The number of carbonyl (C=O) groups is 1. The molecule has 0 unspecified atom stereocenters. The number of non-ortho nitro benzene ring substituents is 1. The van der Waals surface area contributed by atoms with Crippen molar-refractivity contribution in [3.05, 3.63) is 81.9 Å². The summed E-state index contributed by atoms with van der Waals surface area (Å²) in [5.74, 6) is -0.229. The molecule has 0 spiro atoms. The summed E-state index contributed by atoms with van der Waals surface area (Å²) in [6.45, 7) is 2.00. The second-order valence-electron chi connectivity index (χ2n) is 5.07. The third kappa shape index (κ3) is 4.78. The smallest absolute Gasteiger partial charge is 0.270 e. The van der Waals surface area contributed by atoms with Crippen molar-refractivity contribution < 1.29 is 9.72 Å². The van der Waals surface area contributed by atoms with E-state index in [1.807, 2.05) is 37.3 Å². The van der Waals surface area contributed by atoms with E-state index < -0.39 is 4.92 Å². The van der Waals surface area contributed by atoms with Crippen molar-refractivity contribution in [2.45, 2.75) is 19.4 Å². The van der Waals surface area contributed by atoms with Crippen molar-refractivity contribution in [1.82, 2.24) is 5.32 Å². The molecule has 0 aliphatic heterocycles. The second kappa shape index (κ2) is 7.89. The number of benzene rings is 2. The summed E-state index contributed by atoms with van der Waals surface area (Å²) in [5.41, 5.74) is 1.66. The van der Waals surface area contributed by atoms with Gasteiger partial charge in [0.1, 0.15) is 0 Å². The molecule has 1 amide bonds. The number of hydrogen-bond acceptors (Lipinski definition) is 3. The average molecular weight is 310 g/mol. The van der Waals surface area contributed by atoms with Crippen LogP contribution in [0.25, 0.3) is 6.08 Å². The maximum atomic E-state index is 12.0. The number of carbonyl (C=O) groups excluding carboxylic acids is 1. The van der Waals surface area contributed by atoms with Gasteiger partial charge in [-0.15, -0.1) is 0 Å². The van der Waals surface area contributed by atoms with E-state index in [9.17, 15) is 14.9 Å². The van der Waals surface area contributed by atoms with Gasteiger partial charge in [0.15, 0.2) is 0 Å². The molecule has 0 radical (unpaired) electrons. The van der Waals surface area contributed by atoms with Crippen LogP contribution in [0.2, 0.25) is 0 Å². The largest absolute Gasteiger partial charge is 0.346 e. The summed E-state index contributed by atoms with van der Waals surface area (Å²) in [5, 5.41) is 13.7. The summed E-state index contributed by atoms with van der Waals surface area (Å²) >= 11 is 0. The topological polar surface area (TPSA) is 72.2 Å². The molecule has 23 heavy (non-hydrogen) atoms. The molecule has 0 saturated carbocycles. The highest BCUT2D eigenvalue weighted by molar-refractivity contribution is 5.92. The second-order valence-corrected chi connectivity index (χ2v) is 5.07. The number of rotatable bonds is 6. The van der Waals surface area contributed by atoms with Gasteiger partial charge in [-0.2, -0.15) is 0 Å². The van der Waals surface area contributed by atoms with E-state index in [2.05, 4.69) is 5.32 Å². The molecule has 0 aliphatic rings. The highest BCUT2D eigenvalue weighted by atomic mass is 16.6. The van der Waals surface area contributed by atoms with Crippen LogP contribution in [0.15, 0.2) is 60.7 Å². The molecule has 5 nitrogen and oxygen atoms in total. The lowest BCUT2D eigenvalue weighted by atomic mass is 10.0. The lowest BCUT2D eigenvalue weighted by Gasteiger charge is -2.16. The molecule has 1 N–H and O–H groups in total. The molecule has 0 aliphatic carbocycles. The minimum atomic E-state index is -0.458. The number of nitro groups is 1. The van der Waals surface area contributed by atoms with Gasteiger partial charge >= 0.3 is 0 Å². The molecular formula is C18H18N2O3. The monoisotopic (exact) mass is 310 g/mol. The first-order chi connectivity index (χ1) is 11.1. The van der Waals surface area contributed by atoms with Crippen LogP contribution in [0.5, 0.6) is 0 Å². The summed E-state index contributed by atoms with van der Waals surface area (Å²) in [6, 6.07) is 15.8. The van der Waals surface area contributed by atoms with E-state index in [4.69, 9.17) is 0 Å². The van der Waals surface area contributed by atoms with Crippen LogP contribution in [0.4, 0.5) is 5.69 Å². The fraction of sp³-hybridized carbons (Fsp3) is 0.167. The third-order valence-corrected chi connectivity index (χ3v) is 3.43. The predicted molar refractivity (Wildman–Crippen MR) is 89.7 cm³/mol. The Labute approximate surface area is 134 Å². The molecule has 5 heteroatoms. The quantitative estimate of drug-likeness (QED) is 0.500. The van der Waals surface area contributed by atoms with Crippen molar-refractivity contribution >= 4 is 17.7 Å². The Morgan fingerprint density at radius 1 is 1.22 bits per heavy atom. The normalized spacial score (nSPS) is 12.0. The Balaban J connectivity index is 2.03. The van der Waals surface area contributed by atoms with Crippen LogP contribution in [0, 0.1) is 10.1 Å². The van der Waals surface area contributed by atoms with Crippen LogP contribution in [0.1, 0.15) is 30.5 Å². The van der Waals surface area contributed by atoms with Crippen molar-refractivity contribution in [2.75, 3.05) is 0 Å². The van der Waals surface area contributed by atoms with E-state index in [-0.39, 0.29) is 17.6 Å². The van der Waals surface area contributed by atoms with E-state index in [0.29, 0.717) is 5.56 Å². The van der Waals surface area contributed by atoms with Gasteiger partial charge in [-0.3, -0.25) is 14.9 Å². The number of nitrogens with one attached hydrogen (secondary N) is 1. The maximum Gasteiger partial charge on any atom is 0.270 e. The molecule has 2 rings (SSSR count). The molecule has 0 aromatic heterocycles. The zero-order valence-corrected chi connectivity index (χ0v) is 12.8. The molecule has 0 heterocycles. The summed E-state index contributed by atoms with van der Waals surface area (Å²) < 4.78 is 0. The Morgan fingerprint density at radius 3 is 2.61 bits per heavy atom. The lowest BCUT2D eigenvalue weighted by Crippen LogP contribution is -2.26. The van der Waals surface area contributed by atoms with Gasteiger partial charge < -0.3 is 5.32 Å². The van der Waals surface area contributed by atoms with Crippen molar-refractivity contribution in [2.24, 2.45) is 0 Å². The SMILES string of the molecule is CC[C@@H](NC(=O)/C=C/c1cccc([N+](=O)[O-])c1)c1ccccc1. The van der Waals surface area contributed by atoms with Gasteiger partial charge in [0.25, 0.3) is 5.69 Å². The number of amides is 1. The van der Waals surface area contributed by atoms with Crippen LogP contribution in [-0.2, 0) is 4.79 Å². The highest BCUT2D eigenvalue weighted by Crippen LogP contribution is 2.16. The maximum absolute atomic E-state index is 12.0. The number of nitro benzene ring substituents is 1. The molecule has 1 atom stereocenters. The Bertz CT molecular complexity index is 711. The lowest BCUT2D eigenvalue weighted by molar-refractivity contribution is -0.384. The third-order valence-electron chi connectivity index (χ3n) is 3.43. The Hall–Kier alpha value is -2.95. The molecule has 0 fully saturated rings. The van der Waals surface area contributed by atoms with Gasteiger partial charge in [-0.05, 0) is 23.6 Å². The zero-order chi connectivity index (χ0) is 16.7. The first-order valence-corrected chi connectivity index (χ1v) is 7.38. The Kier molecular flexibility index (Phi) is 5.63. The molecule has 0 bridgehead atoms. The highest BCUT2D eigenvalue weighted by Gasteiger charge is 2.10. The molecule has 2 aromatic carbocycles. The van der Waals surface area contributed by atoms with Gasteiger partial charge in [0.05, 0.1) is 11.0 Å². The average Bonchev–Trinajstić information content (AvgIpc) is 2.59. The first kappa shape index (κ1) is 16.4. The number of hydrogen-bond donors (Lipinski definition) is 1. The van der Waals surface area contributed by atoms with E-state index >= 15 is 0 Å². The molecular weight excluding hydrogens is 292 g/mol. The fourth-order valence-corrected chi connectivity index (χ4v) is 2.24. The van der Waals surface area contributed by atoms with Crippen molar-refractivity contribution in [1.29, 1.82) is 0 Å². The minimum absolute atomic E-state index is 0.00304. The van der Waals surface area contributed by atoms with E-state index in [1.165, 1.54) is 18.2 Å².